The molecule has 0 rings (SSSR count). The number of nitrogens with zero attached hydrogens (tertiary/aromatic N) is 1. The standard InChI is InChI=1S/C18H40N4O/c1-4-5-13-20-15-9-16-21-14-8-11-17(10-6-7-12-19)18(23)22(2)3/h17,20-21H,4-16,19H2,1-3H3. The second-order valence-electron chi connectivity index (χ2n) is 6.56. The zero-order valence-corrected chi connectivity index (χ0v) is 15.7. The number of amides is 1. The van der Waals surface area contributed by atoms with E-state index in [9.17, 15) is 4.79 Å². The van der Waals surface area contributed by atoms with Gasteiger partial charge in [0.05, 0.1) is 0 Å². The topological polar surface area (TPSA) is 70.4 Å². The van der Waals surface area contributed by atoms with Crippen LogP contribution in [0, 0.1) is 5.92 Å². The van der Waals surface area contributed by atoms with Crippen molar-refractivity contribution in [1.82, 2.24) is 15.5 Å². The first-order chi connectivity index (χ1) is 11.1. The van der Waals surface area contributed by atoms with Crippen LogP contribution in [0.1, 0.15) is 58.3 Å². The highest BCUT2D eigenvalue weighted by molar-refractivity contribution is 5.78. The van der Waals surface area contributed by atoms with Crippen LogP contribution in [-0.4, -0.2) is 57.6 Å². The Hall–Kier alpha value is -0.650. The molecular weight excluding hydrogens is 288 g/mol. The summed E-state index contributed by atoms with van der Waals surface area (Å²) in [4.78, 5) is 13.9. The van der Waals surface area contributed by atoms with Gasteiger partial charge in [-0.25, -0.2) is 0 Å². The summed E-state index contributed by atoms with van der Waals surface area (Å²) in [6.45, 7) is 7.22. The molecule has 0 spiro atoms. The molecule has 1 unspecified atom stereocenters. The Morgan fingerprint density at radius 2 is 1.48 bits per heavy atom. The van der Waals surface area contributed by atoms with Crippen LogP contribution in [0.3, 0.4) is 0 Å². The highest BCUT2D eigenvalue weighted by atomic mass is 16.2. The zero-order chi connectivity index (χ0) is 17.3. The van der Waals surface area contributed by atoms with Gasteiger partial charge in [0.1, 0.15) is 0 Å². The number of rotatable bonds is 16. The molecule has 5 heteroatoms. The van der Waals surface area contributed by atoms with Crippen molar-refractivity contribution in [2.75, 3.05) is 46.8 Å². The lowest BCUT2D eigenvalue weighted by Gasteiger charge is -2.20. The normalized spacial score (nSPS) is 12.3. The molecule has 138 valence electrons. The van der Waals surface area contributed by atoms with Crippen LogP contribution < -0.4 is 16.4 Å². The first-order valence-electron chi connectivity index (χ1n) is 9.46. The number of hydrogen-bond donors (Lipinski definition) is 3. The van der Waals surface area contributed by atoms with Gasteiger partial charge in [-0.3, -0.25) is 4.79 Å². The average Bonchev–Trinajstić information content (AvgIpc) is 2.54. The number of nitrogens with two attached hydrogens (primary N) is 1. The lowest BCUT2D eigenvalue weighted by Crippen LogP contribution is -2.30. The fourth-order valence-electron chi connectivity index (χ4n) is 2.66. The molecule has 0 aromatic carbocycles. The van der Waals surface area contributed by atoms with Crippen LogP contribution in [-0.2, 0) is 4.79 Å². The van der Waals surface area contributed by atoms with Gasteiger partial charge in [0.15, 0.2) is 0 Å². The molecule has 0 saturated carbocycles. The molecule has 1 amide bonds. The lowest BCUT2D eigenvalue weighted by molar-refractivity contribution is -0.133. The Morgan fingerprint density at radius 1 is 0.913 bits per heavy atom. The third-order valence-electron chi connectivity index (χ3n) is 4.12. The minimum Gasteiger partial charge on any atom is -0.349 e. The van der Waals surface area contributed by atoms with Gasteiger partial charge < -0.3 is 21.3 Å². The van der Waals surface area contributed by atoms with Crippen LogP contribution >= 0.6 is 0 Å². The summed E-state index contributed by atoms with van der Waals surface area (Å²) in [5.41, 5.74) is 5.55. The van der Waals surface area contributed by atoms with Gasteiger partial charge in [0.25, 0.3) is 0 Å². The summed E-state index contributed by atoms with van der Waals surface area (Å²) in [7, 11) is 3.70. The summed E-state index contributed by atoms with van der Waals surface area (Å²) in [6, 6.07) is 0. The van der Waals surface area contributed by atoms with E-state index in [1.165, 1.54) is 19.3 Å². The van der Waals surface area contributed by atoms with Crippen molar-refractivity contribution in [1.29, 1.82) is 0 Å². The van der Waals surface area contributed by atoms with E-state index in [0.29, 0.717) is 0 Å². The highest BCUT2D eigenvalue weighted by Crippen LogP contribution is 2.16. The number of unbranched alkanes of at least 4 members (excludes halogenated alkanes) is 2. The van der Waals surface area contributed by atoms with Crippen molar-refractivity contribution < 1.29 is 4.79 Å². The molecule has 0 aromatic heterocycles. The largest absolute Gasteiger partial charge is 0.349 e. The van der Waals surface area contributed by atoms with E-state index in [2.05, 4.69) is 17.6 Å². The molecule has 0 radical (unpaired) electrons. The quantitative estimate of drug-likeness (QED) is 0.379. The Morgan fingerprint density at radius 3 is 2.04 bits per heavy atom. The first-order valence-corrected chi connectivity index (χ1v) is 9.46. The van der Waals surface area contributed by atoms with Gasteiger partial charge in [-0.2, -0.15) is 0 Å². The van der Waals surface area contributed by atoms with Crippen LogP contribution in [0.15, 0.2) is 0 Å². The van der Waals surface area contributed by atoms with E-state index in [4.69, 9.17) is 5.73 Å². The minimum atomic E-state index is 0.161. The smallest absolute Gasteiger partial charge is 0.225 e. The zero-order valence-electron chi connectivity index (χ0n) is 15.7. The molecule has 0 aromatic rings. The maximum absolute atomic E-state index is 12.2. The molecule has 0 fully saturated rings. The maximum atomic E-state index is 12.2. The molecule has 0 saturated heterocycles. The van der Waals surface area contributed by atoms with Crippen molar-refractivity contribution in [2.24, 2.45) is 11.7 Å². The fraction of sp³-hybridized carbons (Fsp3) is 0.944. The summed E-state index contributed by atoms with van der Waals surface area (Å²) in [6.07, 6.45) is 8.76. The first kappa shape index (κ1) is 22.4. The number of hydrogen-bond acceptors (Lipinski definition) is 4. The van der Waals surface area contributed by atoms with Gasteiger partial charge in [-0.1, -0.05) is 19.8 Å². The average molecular weight is 329 g/mol. The SMILES string of the molecule is CCCCNCCCNCCCC(CCCCN)C(=O)N(C)C. The highest BCUT2D eigenvalue weighted by Gasteiger charge is 2.19. The van der Waals surface area contributed by atoms with Gasteiger partial charge in [0.2, 0.25) is 5.91 Å². The van der Waals surface area contributed by atoms with Crippen LogP contribution in [0.25, 0.3) is 0 Å². The van der Waals surface area contributed by atoms with Crippen molar-refractivity contribution in [3.8, 4) is 0 Å². The van der Waals surface area contributed by atoms with Crippen LogP contribution in [0.4, 0.5) is 0 Å². The second-order valence-corrected chi connectivity index (χ2v) is 6.56. The molecule has 23 heavy (non-hydrogen) atoms. The molecule has 4 N–H and O–H groups in total. The lowest BCUT2D eigenvalue weighted by atomic mass is 9.95. The summed E-state index contributed by atoms with van der Waals surface area (Å²) in [5, 5.41) is 6.93. The Bertz CT molecular complexity index is 272. The molecule has 1 atom stereocenters. The predicted octanol–water partition coefficient (Wildman–Crippen LogP) is 1.97. The van der Waals surface area contributed by atoms with Gasteiger partial charge >= 0.3 is 0 Å². The molecular formula is C18H40N4O. The number of carbonyl (C=O) groups excluding carboxylic acids is 1. The molecule has 0 aliphatic rings. The molecule has 0 aliphatic heterocycles. The van der Waals surface area contributed by atoms with Gasteiger partial charge in [-0.15, -0.1) is 0 Å². The summed E-state index contributed by atoms with van der Waals surface area (Å²) >= 11 is 0. The molecule has 5 nitrogen and oxygen atoms in total. The van der Waals surface area contributed by atoms with Gasteiger partial charge in [0, 0.05) is 20.0 Å². The van der Waals surface area contributed by atoms with E-state index in [1.54, 1.807) is 4.90 Å². The number of nitrogens with one attached hydrogen (secondary N) is 2. The monoisotopic (exact) mass is 328 g/mol. The van der Waals surface area contributed by atoms with E-state index < -0.39 is 0 Å². The van der Waals surface area contributed by atoms with Crippen LogP contribution in [0.2, 0.25) is 0 Å². The molecule has 0 heterocycles. The van der Waals surface area contributed by atoms with E-state index >= 15 is 0 Å². The van der Waals surface area contributed by atoms with Crippen molar-refractivity contribution in [2.45, 2.75) is 58.3 Å². The van der Waals surface area contributed by atoms with Crippen molar-refractivity contribution in [3.05, 3.63) is 0 Å². The number of carbonyl (C=O) groups is 1. The second kappa shape index (κ2) is 16.2. The maximum Gasteiger partial charge on any atom is 0.225 e. The van der Waals surface area contributed by atoms with E-state index in [-0.39, 0.29) is 11.8 Å². The third kappa shape index (κ3) is 13.5. The predicted molar refractivity (Wildman–Crippen MR) is 99.6 cm³/mol. The molecule has 0 bridgehead atoms. The van der Waals surface area contributed by atoms with Crippen molar-refractivity contribution >= 4 is 5.91 Å². The molecule has 0 aliphatic carbocycles. The van der Waals surface area contributed by atoms with Crippen LogP contribution in [0.5, 0.6) is 0 Å². The Labute approximate surface area is 143 Å². The minimum absolute atomic E-state index is 0.161. The van der Waals surface area contributed by atoms with Gasteiger partial charge in [-0.05, 0) is 71.2 Å². The van der Waals surface area contributed by atoms with E-state index in [1.807, 2.05) is 14.1 Å². The Balaban J connectivity index is 3.67. The summed E-state index contributed by atoms with van der Waals surface area (Å²) in [5.74, 6) is 0.427. The fourth-order valence-corrected chi connectivity index (χ4v) is 2.66. The summed E-state index contributed by atoms with van der Waals surface area (Å²) < 4.78 is 0. The van der Waals surface area contributed by atoms with Crippen molar-refractivity contribution in [3.63, 3.8) is 0 Å². The Kier molecular flexibility index (Phi) is 15.8. The third-order valence-corrected chi connectivity index (χ3v) is 4.12. The van der Waals surface area contributed by atoms with E-state index in [0.717, 1.165) is 64.8 Å².